The molecule has 1 aromatic carbocycles. The third-order valence-corrected chi connectivity index (χ3v) is 2.62. The van der Waals surface area contributed by atoms with Gasteiger partial charge >= 0.3 is 0 Å². The Morgan fingerprint density at radius 1 is 1.35 bits per heavy atom. The summed E-state index contributed by atoms with van der Waals surface area (Å²) in [5.41, 5.74) is 2.92. The number of hydroxylamine groups is 2. The van der Waals surface area contributed by atoms with Gasteiger partial charge in [-0.25, -0.2) is 5.06 Å². The summed E-state index contributed by atoms with van der Waals surface area (Å²) in [6.07, 6.45) is -0.772. The van der Waals surface area contributed by atoms with E-state index in [4.69, 9.17) is 4.84 Å². The molecule has 0 saturated heterocycles. The van der Waals surface area contributed by atoms with Crippen LogP contribution in [0.3, 0.4) is 0 Å². The van der Waals surface area contributed by atoms with E-state index in [0.717, 1.165) is 21.8 Å². The van der Waals surface area contributed by atoms with Gasteiger partial charge in [0.1, 0.15) is 0 Å². The van der Waals surface area contributed by atoms with E-state index in [9.17, 15) is 9.90 Å². The lowest BCUT2D eigenvalue weighted by atomic mass is 10.0. The second kappa shape index (κ2) is 5.80. The molecule has 0 aliphatic heterocycles. The summed E-state index contributed by atoms with van der Waals surface area (Å²) >= 11 is 0. The molecule has 4 heteroatoms. The quantitative estimate of drug-likeness (QED) is 0.812. The summed E-state index contributed by atoms with van der Waals surface area (Å²) in [5.74, 6) is -0.251. The molecule has 0 saturated carbocycles. The van der Waals surface area contributed by atoms with Crippen LogP contribution in [0.25, 0.3) is 0 Å². The lowest BCUT2D eigenvalue weighted by molar-refractivity contribution is -0.170. The molecule has 1 atom stereocenters. The number of hydrogen-bond donors (Lipinski definition) is 1. The van der Waals surface area contributed by atoms with Crippen LogP contribution in [0.4, 0.5) is 0 Å². The summed E-state index contributed by atoms with van der Waals surface area (Å²) in [6, 6.07) is 5.80. The molecule has 17 heavy (non-hydrogen) atoms. The minimum Gasteiger partial charge on any atom is -0.388 e. The first kappa shape index (κ1) is 13.7. The number of amides is 1. The fourth-order valence-corrected chi connectivity index (χ4v) is 1.72. The zero-order chi connectivity index (χ0) is 13.0. The van der Waals surface area contributed by atoms with Crippen LogP contribution in [0.2, 0.25) is 0 Å². The van der Waals surface area contributed by atoms with E-state index < -0.39 is 6.10 Å². The topological polar surface area (TPSA) is 49.8 Å². The summed E-state index contributed by atoms with van der Waals surface area (Å²) in [4.78, 5) is 16.3. The SMILES string of the molecule is CON(C)C(=O)CC(O)c1cc(C)cc(C)c1. The third kappa shape index (κ3) is 3.84. The average Bonchev–Trinajstić information content (AvgIpc) is 2.26. The van der Waals surface area contributed by atoms with E-state index in [1.165, 1.54) is 14.2 Å². The fraction of sp³-hybridized carbons (Fsp3) is 0.462. The van der Waals surface area contributed by atoms with Crippen molar-refractivity contribution in [2.24, 2.45) is 0 Å². The van der Waals surface area contributed by atoms with Crippen LogP contribution < -0.4 is 0 Å². The summed E-state index contributed by atoms with van der Waals surface area (Å²) < 4.78 is 0. The van der Waals surface area contributed by atoms with Crippen LogP contribution in [0.15, 0.2) is 18.2 Å². The number of aliphatic hydroxyl groups is 1. The number of nitrogens with zero attached hydrogens (tertiary/aromatic N) is 1. The van der Waals surface area contributed by atoms with Gasteiger partial charge < -0.3 is 5.11 Å². The van der Waals surface area contributed by atoms with Crippen molar-refractivity contribution in [2.45, 2.75) is 26.4 Å². The molecule has 1 amide bonds. The smallest absolute Gasteiger partial charge is 0.248 e. The summed E-state index contributed by atoms with van der Waals surface area (Å²) in [7, 11) is 2.94. The van der Waals surface area contributed by atoms with Crippen molar-refractivity contribution in [3.05, 3.63) is 34.9 Å². The lowest BCUT2D eigenvalue weighted by Gasteiger charge is -2.17. The molecule has 4 nitrogen and oxygen atoms in total. The largest absolute Gasteiger partial charge is 0.388 e. The number of carbonyl (C=O) groups is 1. The Labute approximate surface area is 102 Å². The molecule has 1 aromatic rings. The number of hydrogen-bond acceptors (Lipinski definition) is 3. The molecule has 0 radical (unpaired) electrons. The van der Waals surface area contributed by atoms with Crippen molar-refractivity contribution >= 4 is 5.91 Å². The van der Waals surface area contributed by atoms with Crippen molar-refractivity contribution in [3.63, 3.8) is 0 Å². The first-order chi connectivity index (χ1) is 7.93. The van der Waals surface area contributed by atoms with Gasteiger partial charge in [-0.15, -0.1) is 0 Å². The Morgan fingerprint density at radius 2 is 1.88 bits per heavy atom. The normalized spacial score (nSPS) is 12.3. The predicted octanol–water partition coefficient (Wildman–Crippen LogP) is 1.75. The standard InChI is InChI=1S/C13H19NO3/c1-9-5-10(2)7-11(6-9)12(15)8-13(16)14(3)17-4/h5-7,12,15H,8H2,1-4H3. The van der Waals surface area contributed by atoms with Gasteiger partial charge in [-0.05, 0) is 19.4 Å². The maximum atomic E-state index is 11.6. The molecule has 0 aliphatic rings. The highest BCUT2D eigenvalue weighted by molar-refractivity contribution is 5.75. The second-order valence-electron chi connectivity index (χ2n) is 4.21. The molecule has 94 valence electrons. The number of aryl methyl sites for hydroxylation is 2. The molecule has 0 aliphatic carbocycles. The highest BCUT2D eigenvalue weighted by Gasteiger charge is 2.16. The molecule has 1 rings (SSSR count). The van der Waals surface area contributed by atoms with E-state index in [1.54, 1.807) is 0 Å². The predicted molar refractivity (Wildman–Crippen MR) is 65.3 cm³/mol. The van der Waals surface area contributed by atoms with Crippen molar-refractivity contribution in [2.75, 3.05) is 14.2 Å². The number of aliphatic hydroxyl groups excluding tert-OH is 1. The summed E-state index contributed by atoms with van der Waals surface area (Å²) in [5, 5.41) is 11.1. The van der Waals surface area contributed by atoms with E-state index in [2.05, 4.69) is 0 Å². The van der Waals surface area contributed by atoms with Gasteiger partial charge in [-0.3, -0.25) is 9.63 Å². The Kier molecular flexibility index (Phi) is 4.66. The van der Waals surface area contributed by atoms with E-state index in [-0.39, 0.29) is 12.3 Å². The van der Waals surface area contributed by atoms with Crippen LogP contribution in [0.5, 0.6) is 0 Å². The van der Waals surface area contributed by atoms with Crippen molar-refractivity contribution < 1.29 is 14.7 Å². The first-order valence-electron chi connectivity index (χ1n) is 5.51. The lowest BCUT2D eigenvalue weighted by Crippen LogP contribution is -2.26. The molecule has 0 aromatic heterocycles. The third-order valence-electron chi connectivity index (χ3n) is 2.62. The maximum absolute atomic E-state index is 11.6. The Hall–Kier alpha value is -1.39. The zero-order valence-electron chi connectivity index (χ0n) is 10.7. The molecular weight excluding hydrogens is 218 g/mol. The first-order valence-corrected chi connectivity index (χ1v) is 5.51. The van der Waals surface area contributed by atoms with E-state index >= 15 is 0 Å². The molecule has 0 spiro atoms. The maximum Gasteiger partial charge on any atom is 0.248 e. The molecule has 0 bridgehead atoms. The van der Waals surface area contributed by atoms with Gasteiger partial charge in [0, 0.05) is 7.05 Å². The highest BCUT2D eigenvalue weighted by Crippen LogP contribution is 2.20. The van der Waals surface area contributed by atoms with Crippen LogP contribution in [-0.2, 0) is 9.63 Å². The van der Waals surface area contributed by atoms with Crippen LogP contribution in [-0.4, -0.2) is 30.2 Å². The Morgan fingerprint density at radius 3 is 2.35 bits per heavy atom. The number of rotatable bonds is 4. The number of benzene rings is 1. The molecule has 1 N–H and O–H groups in total. The minimum atomic E-state index is -0.793. The van der Waals surface area contributed by atoms with Gasteiger partial charge in [-0.2, -0.15) is 0 Å². The van der Waals surface area contributed by atoms with E-state index in [1.807, 2.05) is 32.0 Å². The van der Waals surface area contributed by atoms with Crippen LogP contribution in [0.1, 0.15) is 29.2 Å². The Balaban J connectivity index is 2.76. The fourth-order valence-electron chi connectivity index (χ4n) is 1.72. The van der Waals surface area contributed by atoms with Gasteiger partial charge in [0.2, 0.25) is 5.91 Å². The molecule has 0 heterocycles. The van der Waals surface area contributed by atoms with Crippen molar-refractivity contribution in [1.29, 1.82) is 0 Å². The molecule has 1 unspecified atom stereocenters. The van der Waals surface area contributed by atoms with Crippen molar-refractivity contribution in [1.82, 2.24) is 5.06 Å². The molecular formula is C13H19NO3. The summed E-state index contributed by atoms with van der Waals surface area (Å²) in [6.45, 7) is 3.93. The van der Waals surface area contributed by atoms with Gasteiger partial charge in [0.25, 0.3) is 0 Å². The van der Waals surface area contributed by atoms with Crippen LogP contribution >= 0.6 is 0 Å². The minimum absolute atomic E-state index is 0.0211. The number of carbonyl (C=O) groups excluding carboxylic acids is 1. The van der Waals surface area contributed by atoms with Gasteiger partial charge in [-0.1, -0.05) is 29.3 Å². The Bertz CT molecular complexity index is 383. The average molecular weight is 237 g/mol. The monoisotopic (exact) mass is 237 g/mol. The van der Waals surface area contributed by atoms with E-state index in [0.29, 0.717) is 0 Å². The van der Waals surface area contributed by atoms with Gasteiger partial charge in [0.15, 0.2) is 0 Å². The second-order valence-corrected chi connectivity index (χ2v) is 4.21. The zero-order valence-corrected chi connectivity index (χ0v) is 10.7. The molecule has 0 fully saturated rings. The van der Waals surface area contributed by atoms with Crippen molar-refractivity contribution in [3.8, 4) is 0 Å². The van der Waals surface area contributed by atoms with Gasteiger partial charge in [0.05, 0.1) is 19.6 Å². The van der Waals surface area contributed by atoms with Crippen LogP contribution in [0, 0.1) is 13.8 Å². The highest BCUT2D eigenvalue weighted by atomic mass is 16.7.